The van der Waals surface area contributed by atoms with E-state index in [0.29, 0.717) is 12.6 Å². The molecule has 1 aliphatic rings. The van der Waals surface area contributed by atoms with Gasteiger partial charge in [-0.2, -0.15) is 0 Å². The van der Waals surface area contributed by atoms with E-state index in [1.165, 1.54) is 6.42 Å². The van der Waals surface area contributed by atoms with Gasteiger partial charge in [0.2, 0.25) is 0 Å². The highest BCUT2D eigenvalue weighted by Gasteiger charge is 2.25. The number of halogens is 1. The lowest BCUT2D eigenvalue weighted by Crippen LogP contribution is -2.47. The standard InChI is InChI=1S/C15H23N3O.ClH/c1-17(2)14-4-3-9-18(11-14)15(19)13-7-5-12(10-16)6-8-13;/h5-8,14H,3-4,9-11,16H2,1-2H3;1H. The molecule has 1 unspecified atom stereocenters. The Kier molecular flexibility index (Phi) is 6.46. The summed E-state index contributed by atoms with van der Waals surface area (Å²) in [6.45, 7) is 2.20. The first-order chi connectivity index (χ1) is 9.11. The normalized spacial score (nSPS) is 18.8. The Balaban J connectivity index is 0.00000200. The molecular weight excluding hydrogens is 274 g/mol. The maximum absolute atomic E-state index is 12.4. The first kappa shape index (κ1) is 17.0. The van der Waals surface area contributed by atoms with Gasteiger partial charge in [-0.05, 0) is 44.6 Å². The summed E-state index contributed by atoms with van der Waals surface area (Å²) in [6.07, 6.45) is 2.25. The van der Waals surface area contributed by atoms with E-state index < -0.39 is 0 Å². The molecule has 0 aromatic heterocycles. The average molecular weight is 298 g/mol. The van der Waals surface area contributed by atoms with Gasteiger partial charge in [-0.1, -0.05) is 12.1 Å². The van der Waals surface area contributed by atoms with E-state index in [1.807, 2.05) is 29.2 Å². The summed E-state index contributed by atoms with van der Waals surface area (Å²) in [5.41, 5.74) is 7.39. The van der Waals surface area contributed by atoms with E-state index in [1.54, 1.807) is 0 Å². The SMILES string of the molecule is CN(C)C1CCCN(C(=O)c2ccc(CN)cc2)C1.Cl. The Morgan fingerprint density at radius 1 is 1.35 bits per heavy atom. The highest BCUT2D eigenvalue weighted by molar-refractivity contribution is 5.94. The highest BCUT2D eigenvalue weighted by Crippen LogP contribution is 2.16. The van der Waals surface area contributed by atoms with E-state index in [9.17, 15) is 4.79 Å². The number of amides is 1. The summed E-state index contributed by atoms with van der Waals surface area (Å²) in [4.78, 5) is 16.6. The zero-order valence-corrected chi connectivity index (χ0v) is 13.0. The lowest BCUT2D eigenvalue weighted by molar-refractivity contribution is 0.0635. The molecule has 20 heavy (non-hydrogen) atoms. The van der Waals surface area contributed by atoms with Crippen LogP contribution < -0.4 is 5.73 Å². The van der Waals surface area contributed by atoms with Crippen molar-refractivity contribution in [1.82, 2.24) is 9.80 Å². The first-order valence-corrected chi connectivity index (χ1v) is 6.86. The molecule has 1 heterocycles. The van der Waals surface area contributed by atoms with Crippen molar-refractivity contribution in [1.29, 1.82) is 0 Å². The molecule has 1 atom stereocenters. The van der Waals surface area contributed by atoms with E-state index in [0.717, 1.165) is 30.6 Å². The fourth-order valence-electron chi connectivity index (χ4n) is 2.53. The molecule has 112 valence electrons. The van der Waals surface area contributed by atoms with Gasteiger partial charge < -0.3 is 15.5 Å². The molecule has 0 aliphatic carbocycles. The van der Waals surface area contributed by atoms with Crippen LogP contribution in [-0.4, -0.2) is 48.9 Å². The molecule has 1 amide bonds. The van der Waals surface area contributed by atoms with Crippen molar-refractivity contribution in [3.05, 3.63) is 35.4 Å². The van der Waals surface area contributed by atoms with Gasteiger partial charge in [0.1, 0.15) is 0 Å². The van der Waals surface area contributed by atoms with E-state index >= 15 is 0 Å². The molecule has 0 radical (unpaired) electrons. The van der Waals surface area contributed by atoms with Crippen molar-refractivity contribution in [3.8, 4) is 0 Å². The van der Waals surface area contributed by atoms with Crippen LogP contribution in [0.25, 0.3) is 0 Å². The Labute approximate surface area is 127 Å². The number of carbonyl (C=O) groups is 1. The Hall–Kier alpha value is -1.10. The largest absolute Gasteiger partial charge is 0.337 e. The summed E-state index contributed by atoms with van der Waals surface area (Å²) in [7, 11) is 4.16. The summed E-state index contributed by atoms with van der Waals surface area (Å²) in [5.74, 6) is 0.134. The Morgan fingerprint density at radius 2 is 2.00 bits per heavy atom. The zero-order valence-electron chi connectivity index (χ0n) is 12.2. The Morgan fingerprint density at radius 3 is 2.55 bits per heavy atom. The molecule has 2 N–H and O–H groups in total. The number of hydrogen-bond acceptors (Lipinski definition) is 3. The second kappa shape index (κ2) is 7.62. The minimum Gasteiger partial charge on any atom is -0.337 e. The van der Waals surface area contributed by atoms with Crippen LogP contribution in [0.2, 0.25) is 0 Å². The van der Waals surface area contributed by atoms with Crippen LogP contribution in [0.1, 0.15) is 28.8 Å². The number of rotatable bonds is 3. The quantitative estimate of drug-likeness (QED) is 0.924. The summed E-state index contributed by atoms with van der Waals surface area (Å²) in [5, 5.41) is 0. The lowest BCUT2D eigenvalue weighted by Gasteiger charge is -2.36. The average Bonchev–Trinajstić information content (AvgIpc) is 2.46. The maximum Gasteiger partial charge on any atom is 0.253 e. The van der Waals surface area contributed by atoms with Crippen LogP contribution in [0.15, 0.2) is 24.3 Å². The third kappa shape index (κ3) is 3.95. The zero-order chi connectivity index (χ0) is 13.8. The molecular formula is C15H24ClN3O. The lowest BCUT2D eigenvalue weighted by atomic mass is 10.0. The molecule has 0 saturated carbocycles. The molecule has 1 aromatic carbocycles. The summed E-state index contributed by atoms with van der Waals surface area (Å²) >= 11 is 0. The third-order valence-electron chi connectivity index (χ3n) is 3.85. The number of piperidine rings is 1. The van der Waals surface area contributed by atoms with Crippen LogP contribution in [0.5, 0.6) is 0 Å². The predicted molar refractivity (Wildman–Crippen MR) is 84.2 cm³/mol. The second-order valence-electron chi connectivity index (χ2n) is 5.41. The molecule has 4 nitrogen and oxygen atoms in total. The maximum atomic E-state index is 12.4. The number of hydrogen-bond donors (Lipinski definition) is 1. The Bertz CT molecular complexity index is 433. The fraction of sp³-hybridized carbons (Fsp3) is 0.533. The van der Waals surface area contributed by atoms with E-state index in [4.69, 9.17) is 5.73 Å². The van der Waals surface area contributed by atoms with Crippen molar-refractivity contribution in [3.63, 3.8) is 0 Å². The van der Waals surface area contributed by atoms with Gasteiger partial charge in [-0.15, -0.1) is 12.4 Å². The molecule has 0 bridgehead atoms. The molecule has 0 spiro atoms. The van der Waals surface area contributed by atoms with Crippen molar-refractivity contribution in [2.24, 2.45) is 5.73 Å². The predicted octanol–water partition coefficient (Wildman–Crippen LogP) is 1.73. The monoisotopic (exact) mass is 297 g/mol. The van der Waals surface area contributed by atoms with Crippen LogP contribution >= 0.6 is 12.4 Å². The van der Waals surface area contributed by atoms with Crippen molar-refractivity contribution >= 4 is 18.3 Å². The number of likely N-dealkylation sites (N-methyl/N-ethyl adjacent to an activating group) is 1. The fourth-order valence-corrected chi connectivity index (χ4v) is 2.53. The van der Waals surface area contributed by atoms with E-state index in [-0.39, 0.29) is 18.3 Å². The van der Waals surface area contributed by atoms with Crippen LogP contribution in [0.3, 0.4) is 0 Å². The summed E-state index contributed by atoms with van der Waals surface area (Å²) in [6, 6.07) is 8.09. The number of benzene rings is 1. The van der Waals surface area contributed by atoms with Gasteiger partial charge in [0.25, 0.3) is 5.91 Å². The molecule has 1 fully saturated rings. The van der Waals surface area contributed by atoms with Crippen molar-refractivity contribution < 1.29 is 4.79 Å². The second-order valence-corrected chi connectivity index (χ2v) is 5.41. The van der Waals surface area contributed by atoms with Crippen molar-refractivity contribution in [2.45, 2.75) is 25.4 Å². The third-order valence-corrected chi connectivity index (χ3v) is 3.85. The number of nitrogens with zero attached hydrogens (tertiary/aromatic N) is 2. The van der Waals surface area contributed by atoms with Crippen LogP contribution in [-0.2, 0) is 6.54 Å². The van der Waals surface area contributed by atoms with Gasteiger partial charge >= 0.3 is 0 Å². The van der Waals surface area contributed by atoms with Crippen molar-refractivity contribution in [2.75, 3.05) is 27.2 Å². The van der Waals surface area contributed by atoms with Gasteiger partial charge in [-0.3, -0.25) is 4.79 Å². The molecule has 1 saturated heterocycles. The number of likely N-dealkylation sites (tertiary alicyclic amines) is 1. The molecule has 1 aromatic rings. The molecule has 1 aliphatic heterocycles. The van der Waals surface area contributed by atoms with E-state index in [2.05, 4.69) is 19.0 Å². The minimum atomic E-state index is 0. The highest BCUT2D eigenvalue weighted by atomic mass is 35.5. The van der Waals surface area contributed by atoms with Gasteiger partial charge in [-0.25, -0.2) is 0 Å². The molecule has 5 heteroatoms. The van der Waals surface area contributed by atoms with Gasteiger partial charge in [0.05, 0.1) is 0 Å². The smallest absolute Gasteiger partial charge is 0.253 e. The molecule has 2 rings (SSSR count). The van der Waals surface area contributed by atoms with Gasteiger partial charge in [0, 0.05) is 31.2 Å². The first-order valence-electron chi connectivity index (χ1n) is 6.86. The number of carbonyl (C=O) groups excluding carboxylic acids is 1. The topological polar surface area (TPSA) is 49.6 Å². The summed E-state index contributed by atoms with van der Waals surface area (Å²) < 4.78 is 0. The van der Waals surface area contributed by atoms with Crippen LogP contribution in [0.4, 0.5) is 0 Å². The minimum absolute atomic E-state index is 0. The van der Waals surface area contributed by atoms with Crippen LogP contribution in [0, 0.1) is 0 Å². The van der Waals surface area contributed by atoms with Gasteiger partial charge in [0.15, 0.2) is 0 Å². The number of nitrogens with two attached hydrogens (primary N) is 1.